The molecule has 0 unspecified atom stereocenters. The summed E-state index contributed by atoms with van der Waals surface area (Å²) in [4.78, 5) is 25.6. The first-order valence-electron chi connectivity index (χ1n) is 6.44. The highest BCUT2D eigenvalue weighted by atomic mass is 16.2. The first kappa shape index (κ1) is 14.6. The Morgan fingerprint density at radius 3 is 2.86 bits per heavy atom. The molecule has 0 saturated carbocycles. The van der Waals surface area contributed by atoms with Crippen LogP contribution in [0.5, 0.6) is 0 Å². The summed E-state index contributed by atoms with van der Waals surface area (Å²) in [6.07, 6.45) is 1.44. The number of hydrogen-bond acceptors (Lipinski definition) is 3. The molecular formula is C16H15N3O2. The van der Waals surface area contributed by atoms with E-state index in [4.69, 9.17) is 5.73 Å². The van der Waals surface area contributed by atoms with Gasteiger partial charge in [0.05, 0.1) is 6.54 Å². The minimum atomic E-state index is -0.308. The molecule has 0 aliphatic carbocycles. The average Bonchev–Trinajstić information content (AvgIpc) is 2.51. The van der Waals surface area contributed by atoms with Crippen molar-refractivity contribution in [1.29, 1.82) is 0 Å². The van der Waals surface area contributed by atoms with Crippen molar-refractivity contribution in [3.63, 3.8) is 0 Å². The number of benzene rings is 1. The summed E-state index contributed by atoms with van der Waals surface area (Å²) in [5.74, 6) is 5.45. The van der Waals surface area contributed by atoms with Crippen molar-refractivity contribution in [2.75, 3.05) is 6.54 Å². The first-order chi connectivity index (χ1) is 10.2. The van der Waals surface area contributed by atoms with Crippen molar-refractivity contribution in [3.8, 4) is 11.8 Å². The van der Waals surface area contributed by atoms with Crippen molar-refractivity contribution in [2.24, 2.45) is 5.73 Å². The predicted octanol–water partition coefficient (Wildman–Crippen LogP) is 0.615. The van der Waals surface area contributed by atoms with Crippen molar-refractivity contribution in [3.05, 3.63) is 69.6 Å². The van der Waals surface area contributed by atoms with E-state index in [9.17, 15) is 9.59 Å². The van der Waals surface area contributed by atoms with E-state index in [1.807, 2.05) is 24.3 Å². The van der Waals surface area contributed by atoms with Crippen LogP contribution in [0.2, 0.25) is 0 Å². The first-order valence-corrected chi connectivity index (χ1v) is 6.44. The van der Waals surface area contributed by atoms with Gasteiger partial charge in [-0.15, -0.1) is 0 Å². The largest absolute Gasteiger partial charge is 0.348 e. The third-order valence-electron chi connectivity index (χ3n) is 2.82. The maximum atomic E-state index is 12.0. The molecule has 0 spiro atoms. The third-order valence-corrected chi connectivity index (χ3v) is 2.82. The molecule has 1 aromatic carbocycles. The second kappa shape index (κ2) is 7.08. The summed E-state index contributed by atoms with van der Waals surface area (Å²) in [7, 11) is 0. The van der Waals surface area contributed by atoms with E-state index in [-0.39, 0.29) is 18.0 Å². The van der Waals surface area contributed by atoms with Gasteiger partial charge in [-0.3, -0.25) is 9.59 Å². The topological polar surface area (TPSA) is 88.0 Å². The number of H-pyrrole nitrogens is 1. The lowest BCUT2D eigenvalue weighted by Gasteiger charge is -2.07. The number of aromatic nitrogens is 1. The number of rotatable bonds is 3. The van der Waals surface area contributed by atoms with Crippen LogP contribution < -0.4 is 16.6 Å². The van der Waals surface area contributed by atoms with Crippen LogP contribution >= 0.6 is 0 Å². The Balaban J connectivity index is 2.10. The number of aromatic amines is 1. The Hall–Kier alpha value is -2.84. The van der Waals surface area contributed by atoms with E-state index in [1.54, 1.807) is 6.07 Å². The molecule has 0 aliphatic rings. The number of nitrogens with one attached hydrogen (secondary N) is 2. The van der Waals surface area contributed by atoms with Crippen molar-refractivity contribution < 1.29 is 4.79 Å². The summed E-state index contributed by atoms with van der Waals surface area (Å²) < 4.78 is 0. The summed E-state index contributed by atoms with van der Waals surface area (Å²) >= 11 is 0. The van der Waals surface area contributed by atoms with Gasteiger partial charge < -0.3 is 16.0 Å². The molecule has 0 radical (unpaired) electrons. The fourth-order valence-corrected chi connectivity index (χ4v) is 1.81. The van der Waals surface area contributed by atoms with Crippen molar-refractivity contribution in [1.82, 2.24) is 10.3 Å². The minimum absolute atomic E-state index is 0.285. The van der Waals surface area contributed by atoms with Crippen LogP contribution in [0.4, 0.5) is 0 Å². The standard InChI is InChI=1S/C16H15N3O2/c17-8-3-6-12-4-1-2-5-14(12)11-19-16(21)13-7-9-18-15(20)10-13/h1-2,4-5,7,9-10H,8,11,17H2,(H,18,20)(H,19,21). The molecule has 0 bridgehead atoms. The Morgan fingerprint density at radius 1 is 1.29 bits per heavy atom. The number of carbonyl (C=O) groups is 1. The van der Waals surface area contributed by atoms with Crippen LogP contribution in [0.25, 0.3) is 0 Å². The van der Waals surface area contributed by atoms with Crippen LogP contribution in [0.3, 0.4) is 0 Å². The van der Waals surface area contributed by atoms with Gasteiger partial charge in [-0.1, -0.05) is 30.0 Å². The number of hydrogen-bond donors (Lipinski definition) is 3. The predicted molar refractivity (Wildman–Crippen MR) is 80.6 cm³/mol. The Morgan fingerprint density at radius 2 is 2.10 bits per heavy atom. The van der Waals surface area contributed by atoms with Gasteiger partial charge in [0.2, 0.25) is 5.56 Å². The molecule has 106 valence electrons. The number of pyridine rings is 1. The number of nitrogens with two attached hydrogens (primary N) is 1. The second-order valence-corrected chi connectivity index (χ2v) is 4.29. The van der Waals surface area contributed by atoms with E-state index in [0.717, 1.165) is 11.1 Å². The van der Waals surface area contributed by atoms with Crippen LogP contribution in [0.15, 0.2) is 47.4 Å². The van der Waals surface area contributed by atoms with E-state index in [2.05, 4.69) is 22.1 Å². The van der Waals surface area contributed by atoms with Gasteiger partial charge in [0.1, 0.15) is 0 Å². The zero-order chi connectivity index (χ0) is 15.1. The van der Waals surface area contributed by atoms with Gasteiger partial charge in [0.15, 0.2) is 0 Å². The number of amides is 1. The summed E-state index contributed by atoms with van der Waals surface area (Å²) in [6.45, 7) is 0.620. The lowest BCUT2D eigenvalue weighted by atomic mass is 10.1. The highest BCUT2D eigenvalue weighted by Crippen LogP contribution is 2.07. The van der Waals surface area contributed by atoms with Crippen LogP contribution in [-0.4, -0.2) is 17.4 Å². The fraction of sp³-hybridized carbons (Fsp3) is 0.125. The fourth-order valence-electron chi connectivity index (χ4n) is 1.81. The summed E-state index contributed by atoms with van der Waals surface area (Å²) in [6, 6.07) is 10.3. The van der Waals surface area contributed by atoms with Gasteiger partial charge >= 0.3 is 0 Å². The molecule has 1 aromatic heterocycles. The molecule has 0 aliphatic heterocycles. The van der Waals surface area contributed by atoms with Gasteiger partial charge in [-0.05, 0) is 17.7 Å². The monoisotopic (exact) mass is 281 g/mol. The second-order valence-electron chi connectivity index (χ2n) is 4.29. The molecule has 4 N–H and O–H groups in total. The van der Waals surface area contributed by atoms with Gasteiger partial charge in [-0.2, -0.15) is 0 Å². The third kappa shape index (κ3) is 4.06. The van der Waals surface area contributed by atoms with Crippen molar-refractivity contribution in [2.45, 2.75) is 6.54 Å². The molecular weight excluding hydrogens is 266 g/mol. The molecule has 5 heteroatoms. The molecule has 0 atom stereocenters. The normalized spacial score (nSPS) is 9.57. The van der Waals surface area contributed by atoms with E-state index in [1.165, 1.54) is 12.3 Å². The van der Waals surface area contributed by atoms with Crippen LogP contribution in [-0.2, 0) is 6.54 Å². The van der Waals surface area contributed by atoms with E-state index >= 15 is 0 Å². The van der Waals surface area contributed by atoms with Crippen LogP contribution in [0, 0.1) is 11.8 Å². The zero-order valence-electron chi connectivity index (χ0n) is 11.3. The molecule has 2 aromatic rings. The van der Waals surface area contributed by atoms with E-state index < -0.39 is 0 Å². The molecule has 21 heavy (non-hydrogen) atoms. The lowest BCUT2D eigenvalue weighted by molar-refractivity contribution is 0.0950. The molecule has 0 fully saturated rings. The van der Waals surface area contributed by atoms with Gasteiger partial charge in [0.25, 0.3) is 5.91 Å². The zero-order valence-corrected chi connectivity index (χ0v) is 11.3. The van der Waals surface area contributed by atoms with Gasteiger partial charge in [-0.25, -0.2) is 0 Å². The Labute approximate surface area is 122 Å². The molecule has 2 rings (SSSR count). The molecule has 0 saturated heterocycles. The molecule has 1 amide bonds. The smallest absolute Gasteiger partial charge is 0.251 e. The quantitative estimate of drug-likeness (QED) is 0.720. The summed E-state index contributed by atoms with van der Waals surface area (Å²) in [5.41, 5.74) is 7.11. The van der Waals surface area contributed by atoms with Crippen molar-refractivity contribution >= 4 is 5.91 Å². The summed E-state index contributed by atoms with van der Waals surface area (Å²) in [5, 5.41) is 2.77. The molecule has 1 heterocycles. The maximum absolute atomic E-state index is 12.0. The SMILES string of the molecule is NCC#Cc1ccccc1CNC(=O)c1cc[nH]c(=O)c1. The van der Waals surface area contributed by atoms with Gasteiger partial charge in [0, 0.05) is 29.9 Å². The number of carbonyl (C=O) groups excluding carboxylic acids is 1. The highest BCUT2D eigenvalue weighted by Gasteiger charge is 2.06. The minimum Gasteiger partial charge on any atom is -0.348 e. The Bertz CT molecular complexity index is 754. The average molecular weight is 281 g/mol. The van der Waals surface area contributed by atoms with Crippen LogP contribution in [0.1, 0.15) is 21.5 Å². The van der Waals surface area contributed by atoms with E-state index in [0.29, 0.717) is 12.1 Å². The highest BCUT2D eigenvalue weighted by molar-refractivity contribution is 5.93. The Kier molecular flexibility index (Phi) is 4.91. The maximum Gasteiger partial charge on any atom is 0.251 e. The molecule has 5 nitrogen and oxygen atoms in total. The lowest BCUT2D eigenvalue weighted by Crippen LogP contribution is -2.24.